The van der Waals surface area contributed by atoms with Crippen LogP contribution in [0.4, 0.5) is 0 Å². The van der Waals surface area contributed by atoms with E-state index in [0.717, 1.165) is 26.2 Å². The van der Waals surface area contributed by atoms with Gasteiger partial charge in [-0.2, -0.15) is 5.10 Å². The maximum absolute atomic E-state index is 4.78. The van der Waals surface area contributed by atoms with Gasteiger partial charge in [0.1, 0.15) is 0 Å². The van der Waals surface area contributed by atoms with E-state index >= 15 is 0 Å². The Balaban J connectivity index is 1.53. The molecular formula is C18H24N4. The number of nitrogens with zero attached hydrogens (tertiary/aromatic N) is 3. The maximum atomic E-state index is 4.78. The molecule has 1 aromatic carbocycles. The second-order valence-electron chi connectivity index (χ2n) is 6.55. The molecule has 0 amide bonds. The number of aryl methyl sites for hydroxylation is 1. The van der Waals surface area contributed by atoms with Crippen molar-refractivity contribution in [2.75, 3.05) is 13.6 Å². The SMILES string of the molecule is CN(Cc1cc2n(n1)CCNC2)[C@@H]1CCCc2ccccc21. The molecule has 1 aromatic heterocycles. The molecule has 0 bridgehead atoms. The highest BCUT2D eigenvalue weighted by molar-refractivity contribution is 5.32. The summed E-state index contributed by atoms with van der Waals surface area (Å²) in [6, 6.07) is 11.7. The number of benzene rings is 1. The number of fused-ring (bicyclic) bond motifs is 2. The van der Waals surface area contributed by atoms with E-state index in [9.17, 15) is 0 Å². The van der Waals surface area contributed by atoms with E-state index in [-0.39, 0.29) is 0 Å². The first-order valence-electron chi connectivity index (χ1n) is 8.35. The molecule has 0 saturated heterocycles. The predicted molar refractivity (Wildman–Crippen MR) is 87.5 cm³/mol. The van der Waals surface area contributed by atoms with Crippen molar-refractivity contribution in [3.05, 3.63) is 52.8 Å². The fourth-order valence-electron chi connectivity index (χ4n) is 3.88. The molecule has 0 radical (unpaired) electrons. The van der Waals surface area contributed by atoms with Crippen LogP contribution in [0.15, 0.2) is 30.3 Å². The molecule has 2 aromatic rings. The number of rotatable bonds is 3. The van der Waals surface area contributed by atoms with Crippen molar-refractivity contribution >= 4 is 0 Å². The molecule has 0 saturated carbocycles. The predicted octanol–water partition coefficient (Wildman–Crippen LogP) is 2.50. The Kier molecular flexibility index (Phi) is 3.72. The number of nitrogens with one attached hydrogen (secondary N) is 1. The lowest BCUT2D eigenvalue weighted by Crippen LogP contribution is -2.28. The third-order valence-electron chi connectivity index (χ3n) is 5.00. The molecule has 1 atom stereocenters. The Labute approximate surface area is 132 Å². The molecular weight excluding hydrogens is 272 g/mol. The van der Waals surface area contributed by atoms with Crippen LogP contribution < -0.4 is 5.32 Å². The van der Waals surface area contributed by atoms with Crippen molar-refractivity contribution < 1.29 is 0 Å². The van der Waals surface area contributed by atoms with E-state index in [0.29, 0.717) is 6.04 Å². The van der Waals surface area contributed by atoms with Crippen LogP contribution in [0, 0.1) is 0 Å². The van der Waals surface area contributed by atoms with Crippen LogP contribution in [-0.4, -0.2) is 28.3 Å². The third-order valence-corrected chi connectivity index (χ3v) is 5.00. The summed E-state index contributed by atoms with van der Waals surface area (Å²) >= 11 is 0. The summed E-state index contributed by atoms with van der Waals surface area (Å²) in [7, 11) is 2.24. The van der Waals surface area contributed by atoms with Gasteiger partial charge in [0, 0.05) is 25.7 Å². The van der Waals surface area contributed by atoms with Crippen LogP contribution in [0.3, 0.4) is 0 Å². The fourth-order valence-corrected chi connectivity index (χ4v) is 3.88. The molecule has 22 heavy (non-hydrogen) atoms. The largest absolute Gasteiger partial charge is 0.309 e. The van der Waals surface area contributed by atoms with Crippen molar-refractivity contribution in [3.8, 4) is 0 Å². The summed E-state index contributed by atoms with van der Waals surface area (Å²) < 4.78 is 2.16. The van der Waals surface area contributed by atoms with Gasteiger partial charge in [0.2, 0.25) is 0 Å². The Morgan fingerprint density at radius 2 is 2.27 bits per heavy atom. The minimum atomic E-state index is 0.529. The van der Waals surface area contributed by atoms with E-state index in [1.54, 1.807) is 0 Å². The molecule has 1 N–H and O–H groups in total. The first-order chi connectivity index (χ1) is 10.8. The molecule has 2 heterocycles. The molecule has 0 fully saturated rings. The lowest BCUT2D eigenvalue weighted by atomic mass is 9.87. The summed E-state index contributed by atoms with van der Waals surface area (Å²) in [6.45, 7) is 3.90. The second kappa shape index (κ2) is 5.86. The summed E-state index contributed by atoms with van der Waals surface area (Å²) in [6.07, 6.45) is 3.77. The zero-order valence-corrected chi connectivity index (χ0v) is 13.3. The van der Waals surface area contributed by atoms with Crippen LogP contribution in [0.25, 0.3) is 0 Å². The minimum Gasteiger partial charge on any atom is -0.309 e. The first-order valence-corrected chi connectivity index (χ1v) is 8.35. The van der Waals surface area contributed by atoms with Crippen LogP contribution >= 0.6 is 0 Å². The monoisotopic (exact) mass is 296 g/mol. The van der Waals surface area contributed by atoms with Gasteiger partial charge < -0.3 is 5.32 Å². The Morgan fingerprint density at radius 1 is 1.36 bits per heavy atom. The molecule has 0 spiro atoms. The van der Waals surface area contributed by atoms with Crippen LogP contribution in [-0.2, 0) is 26.1 Å². The van der Waals surface area contributed by atoms with E-state index in [1.165, 1.54) is 41.8 Å². The Morgan fingerprint density at radius 3 is 3.18 bits per heavy atom. The van der Waals surface area contributed by atoms with Crippen molar-refractivity contribution in [3.63, 3.8) is 0 Å². The lowest BCUT2D eigenvalue weighted by molar-refractivity contribution is 0.210. The van der Waals surface area contributed by atoms with Crippen LogP contribution in [0.2, 0.25) is 0 Å². The maximum Gasteiger partial charge on any atom is 0.0768 e. The van der Waals surface area contributed by atoms with Gasteiger partial charge in [0.25, 0.3) is 0 Å². The molecule has 1 aliphatic heterocycles. The zero-order chi connectivity index (χ0) is 14.9. The molecule has 4 heteroatoms. The summed E-state index contributed by atoms with van der Waals surface area (Å²) in [5.41, 5.74) is 5.56. The lowest BCUT2D eigenvalue weighted by Gasteiger charge is -2.32. The van der Waals surface area contributed by atoms with Gasteiger partial charge in [-0.1, -0.05) is 24.3 Å². The summed E-state index contributed by atoms with van der Waals surface area (Å²) in [5, 5.41) is 8.19. The van der Waals surface area contributed by atoms with E-state index in [4.69, 9.17) is 5.10 Å². The molecule has 0 unspecified atom stereocenters. The van der Waals surface area contributed by atoms with Gasteiger partial charge in [-0.05, 0) is 43.5 Å². The number of hydrogen-bond donors (Lipinski definition) is 1. The first kappa shape index (κ1) is 14.0. The molecule has 4 nitrogen and oxygen atoms in total. The van der Waals surface area contributed by atoms with Crippen LogP contribution in [0.1, 0.15) is 41.4 Å². The average Bonchev–Trinajstić information content (AvgIpc) is 2.96. The van der Waals surface area contributed by atoms with Gasteiger partial charge in [-0.15, -0.1) is 0 Å². The van der Waals surface area contributed by atoms with Gasteiger partial charge in [0.05, 0.1) is 17.9 Å². The van der Waals surface area contributed by atoms with Crippen molar-refractivity contribution in [2.24, 2.45) is 0 Å². The van der Waals surface area contributed by atoms with Gasteiger partial charge in [-0.25, -0.2) is 0 Å². The summed E-state index contributed by atoms with van der Waals surface area (Å²) in [4.78, 5) is 2.47. The van der Waals surface area contributed by atoms with Crippen LogP contribution in [0.5, 0.6) is 0 Å². The smallest absolute Gasteiger partial charge is 0.0768 e. The number of hydrogen-bond acceptors (Lipinski definition) is 3. The fraction of sp³-hybridized carbons (Fsp3) is 0.500. The summed E-state index contributed by atoms with van der Waals surface area (Å²) in [5.74, 6) is 0. The second-order valence-corrected chi connectivity index (χ2v) is 6.55. The standard InChI is InChI=1S/C18H24N4/c1-21(13-15-11-16-12-19-9-10-22(16)20-15)18-8-4-6-14-5-2-3-7-17(14)18/h2-3,5,7,11,18-19H,4,6,8-10,12-13H2,1H3/t18-/m1/s1. The highest BCUT2D eigenvalue weighted by atomic mass is 15.3. The van der Waals surface area contributed by atoms with Gasteiger partial charge >= 0.3 is 0 Å². The topological polar surface area (TPSA) is 33.1 Å². The normalized spacial score (nSPS) is 20.7. The van der Waals surface area contributed by atoms with Gasteiger partial charge in [0.15, 0.2) is 0 Å². The zero-order valence-electron chi connectivity index (χ0n) is 13.3. The number of aromatic nitrogens is 2. The highest BCUT2D eigenvalue weighted by Gasteiger charge is 2.24. The van der Waals surface area contributed by atoms with Gasteiger partial charge in [-0.3, -0.25) is 9.58 Å². The van der Waals surface area contributed by atoms with Crippen molar-refractivity contribution in [1.29, 1.82) is 0 Å². The van der Waals surface area contributed by atoms with Crippen molar-refractivity contribution in [2.45, 2.75) is 44.9 Å². The minimum absolute atomic E-state index is 0.529. The molecule has 116 valence electrons. The molecule has 1 aliphatic carbocycles. The van der Waals surface area contributed by atoms with E-state index in [1.807, 2.05) is 0 Å². The Bertz CT molecular complexity index is 637. The highest BCUT2D eigenvalue weighted by Crippen LogP contribution is 2.34. The average molecular weight is 296 g/mol. The van der Waals surface area contributed by atoms with Crippen molar-refractivity contribution in [1.82, 2.24) is 20.0 Å². The van der Waals surface area contributed by atoms with E-state index < -0.39 is 0 Å². The van der Waals surface area contributed by atoms with E-state index in [2.05, 4.69) is 52.3 Å². The quantitative estimate of drug-likeness (QED) is 0.944. The molecule has 2 aliphatic rings. The third kappa shape index (κ3) is 2.57. The Hall–Kier alpha value is -1.65. The molecule has 4 rings (SSSR count).